The molecule has 86 valence electrons. The van der Waals surface area contributed by atoms with Crippen molar-refractivity contribution in [2.45, 2.75) is 20.5 Å². The summed E-state index contributed by atoms with van der Waals surface area (Å²) in [5.74, 6) is 0. The molecule has 0 aliphatic carbocycles. The Bertz CT molecular complexity index is 313. The highest BCUT2D eigenvalue weighted by atomic mass is 35.5. The molecule has 0 radical (unpaired) electrons. The molecule has 5 heteroatoms. The molecule has 0 unspecified atom stereocenters. The lowest BCUT2D eigenvalue weighted by atomic mass is 10.3. The van der Waals surface area contributed by atoms with Crippen LogP contribution in [0.2, 0.25) is 5.15 Å². The Kier molecular flexibility index (Phi) is 5.08. The van der Waals surface area contributed by atoms with Gasteiger partial charge in [0, 0.05) is 19.2 Å². The highest BCUT2D eigenvalue weighted by Crippen LogP contribution is 2.19. The number of ether oxygens (including phenoxy) is 2. The van der Waals surface area contributed by atoms with E-state index in [4.69, 9.17) is 21.1 Å². The first-order valence-electron chi connectivity index (χ1n) is 5.00. The van der Waals surface area contributed by atoms with Crippen molar-refractivity contribution >= 4 is 11.6 Å². The molecule has 0 amide bonds. The normalized spacial score (nSPS) is 10.9. The maximum Gasteiger partial charge on any atom is 0.132 e. The summed E-state index contributed by atoms with van der Waals surface area (Å²) in [7, 11) is 1.82. The van der Waals surface area contributed by atoms with Crippen molar-refractivity contribution in [2.75, 3.05) is 19.8 Å². The number of aromatic nitrogens is 2. The Morgan fingerprint density at radius 2 is 2.00 bits per heavy atom. The fourth-order valence-corrected chi connectivity index (χ4v) is 1.50. The first kappa shape index (κ1) is 12.5. The van der Waals surface area contributed by atoms with Crippen molar-refractivity contribution in [1.29, 1.82) is 0 Å². The summed E-state index contributed by atoms with van der Waals surface area (Å²) in [6, 6.07) is 0. The summed E-state index contributed by atoms with van der Waals surface area (Å²) in [5, 5.41) is 4.84. The Balaban J connectivity index is 2.37. The van der Waals surface area contributed by atoms with Gasteiger partial charge in [0.05, 0.1) is 25.5 Å². The molecule has 0 N–H and O–H groups in total. The molecule has 0 atom stereocenters. The van der Waals surface area contributed by atoms with Gasteiger partial charge in [-0.1, -0.05) is 11.6 Å². The fourth-order valence-electron chi connectivity index (χ4n) is 1.27. The third kappa shape index (κ3) is 3.48. The third-order valence-corrected chi connectivity index (χ3v) is 2.57. The number of hydrogen-bond donors (Lipinski definition) is 0. The maximum absolute atomic E-state index is 6.04. The third-order valence-electron chi connectivity index (χ3n) is 2.09. The quantitative estimate of drug-likeness (QED) is 0.704. The number of aryl methyl sites for hydroxylation is 2. The lowest BCUT2D eigenvalue weighted by Gasteiger charge is -2.04. The highest BCUT2D eigenvalue weighted by Gasteiger charge is 2.10. The molecule has 0 bridgehead atoms. The lowest BCUT2D eigenvalue weighted by Crippen LogP contribution is -2.04. The van der Waals surface area contributed by atoms with Crippen molar-refractivity contribution < 1.29 is 9.47 Å². The monoisotopic (exact) mass is 232 g/mol. The minimum Gasteiger partial charge on any atom is -0.379 e. The van der Waals surface area contributed by atoms with Gasteiger partial charge in [-0.2, -0.15) is 5.10 Å². The van der Waals surface area contributed by atoms with Gasteiger partial charge in [0.15, 0.2) is 0 Å². The molecule has 0 aliphatic rings. The lowest BCUT2D eigenvalue weighted by molar-refractivity contribution is 0.0451. The van der Waals surface area contributed by atoms with E-state index in [1.54, 1.807) is 4.68 Å². The number of halogens is 1. The second-order valence-corrected chi connectivity index (χ2v) is 3.59. The van der Waals surface area contributed by atoms with E-state index in [-0.39, 0.29) is 0 Å². The van der Waals surface area contributed by atoms with Gasteiger partial charge in [-0.05, 0) is 13.8 Å². The zero-order valence-electron chi connectivity index (χ0n) is 9.42. The highest BCUT2D eigenvalue weighted by molar-refractivity contribution is 6.30. The Hall–Kier alpha value is -0.580. The number of nitrogens with zero attached hydrogens (tertiary/aromatic N) is 2. The Morgan fingerprint density at radius 3 is 2.53 bits per heavy atom. The minimum atomic E-state index is 0.492. The standard InChI is InChI=1S/C10H17ClN2O2/c1-4-14-5-6-15-7-9-8(2)12-13(3)10(9)11/h4-7H2,1-3H3. The molecule has 0 saturated heterocycles. The average Bonchev–Trinajstić information content (AvgIpc) is 2.44. The first-order chi connectivity index (χ1) is 7.16. The van der Waals surface area contributed by atoms with Crippen LogP contribution < -0.4 is 0 Å². The topological polar surface area (TPSA) is 36.3 Å². The smallest absolute Gasteiger partial charge is 0.132 e. The second-order valence-electron chi connectivity index (χ2n) is 3.23. The molecule has 0 spiro atoms. The van der Waals surface area contributed by atoms with E-state index in [9.17, 15) is 0 Å². The van der Waals surface area contributed by atoms with Crippen LogP contribution in [0.4, 0.5) is 0 Å². The molecule has 1 aromatic rings. The molecule has 0 aromatic carbocycles. The molecule has 4 nitrogen and oxygen atoms in total. The molecule has 15 heavy (non-hydrogen) atoms. The van der Waals surface area contributed by atoms with Gasteiger partial charge in [0.25, 0.3) is 0 Å². The average molecular weight is 233 g/mol. The van der Waals surface area contributed by atoms with Crippen LogP contribution in [-0.4, -0.2) is 29.6 Å². The molecule has 0 saturated carbocycles. The minimum absolute atomic E-state index is 0.492. The predicted octanol–water partition coefficient (Wildman–Crippen LogP) is 1.94. The van der Waals surface area contributed by atoms with Crippen LogP contribution in [0, 0.1) is 6.92 Å². The zero-order valence-corrected chi connectivity index (χ0v) is 10.2. The molecular weight excluding hydrogens is 216 g/mol. The van der Waals surface area contributed by atoms with Crippen molar-refractivity contribution in [3.63, 3.8) is 0 Å². The summed E-state index contributed by atoms with van der Waals surface area (Å²) in [4.78, 5) is 0. The van der Waals surface area contributed by atoms with Crippen molar-refractivity contribution in [1.82, 2.24) is 9.78 Å². The van der Waals surface area contributed by atoms with Crippen LogP contribution in [0.25, 0.3) is 0 Å². The largest absolute Gasteiger partial charge is 0.379 e. The van der Waals surface area contributed by atoms with Gasteiger partial charge in [0.2, 0.25) is 0 Å². The Labute approximate surface area is 95.1 Å². The second kappa shape index (κ2) is 6.10. The summed E-state index contributed by atoms with van der Waals surface area (Å²) in [6.45, 7) is 6.29. The van der Waals surface area contributed by atoms with E-state index in [0.717, 1.165) is 17.9 Å². The van der Waals surface area contributed by atoms with E-state index in [2.05, 4.69) is 5.10 Å². The van der Waals surface area contributed by atoms with Crippen LogP contribution in [-0.2, 0) is 23.1 Å². The van der Waals surface area contributed by atoms with Crippen LogP contribution in [0.5, 0.6) is 0 Å². The SMILES string of the molecule is CCOCCOCc1c(C)nn(C)c1Cl. The van der Waals surface area contributed by atoms with Gasteiger partial charge in [0.1, 0.15) is 5.15 Å². The van der Waals surface area contributed by atoms with Gasteiger partial charge in [-0.3, -0.25) is 4.68 Å². The van der Waals surface area contributed by atoms with E-state index in [1.165, 1.54) is 0 Å². The summed E-state index contributed by atoms with van der Waals surface area (Å²) >= 11 is 6.04. The number of hydrogen-bond acceptors (Lipinski definition) is 3. The van der Waals surface area contributed by atoms with Crippen LogP contribution in [0.1, 0.15) is 18.2 Å². The van der Waals surface area contributed by atoms with Crippen LogP contribution >= 0.6 is 11.6 Å². The fraction of sp³-hybridized carbons (Fsp3) is 0.700. The summed E-state index contributed by atoms with van der Waals surface area (Å²) in [5.41, 5.74) is 1.87. The Morgan fingerprint density at radius 1 is 1.33 bits per heavy atom. The van der Waals surface area contributed by atoms with Crippen molar-refractivity contribution in [3.8, 4) is 0 Å². The summed E-state index contributed by atoms with van der Waals surface area (Å²) in [6.07, 6.45) is 0. The molecule has 0 fully saturated rings. The first-order valence-corrected chi connectivity index (χ1v) is 5.38. The summed E-state index contributed by atoms with van der Waals surface area (Å²) < 4.78 is 12.2. The number of rotatable bonds is 6. The van der Waals surface area contributed by atoms with E-state index in [1.807, 2.05) is 20.9 Å². The van der Waals surface area contributed by atoms with Crippen molar-refractivity contribution in [3.05, 3.63) is 16.4 Å². The van der Waals surface area contributed by atoms with E-state index >= 15 is 0 Å². The molecule has 1 aromatic heterocycles. The van der Waals surface area contributed by atoms with E-state index in [0.29, 0.717) is 25.0 Å². The van der Waals surface area contributed by atoms with E-state index < -0.39 is 0 Å². The molecular formula is C10H17ClN2O2. The van der Waals surface area contributed by atoms with Gasteiger partial charge in [-0.15, -0.1) is 0 Å². The van der Waals surface area contributed by atoms with Gasteiger partial charge < -0.3 is 9.47 Å². The van der Waals surface area contributed by atoms with Crippen molar-refractivity contribution in [2.24, 2.45) is 7.05 Å². The molecule has 0 aliphatic heterocycles. The van der Waals surface area contributed by atoms with Gasteiger partial charge in [-0.25, -0.2) is 0 Å². The molecule has 1 rings (SSSR count). The predicted molar refractivity (Wildman–Crippen MR) is 59.1 cm³/mol. The van der Waals surface area contributed by atoms with Gasteiger partial charge >= 0.3 is 0 Å². The van der Waals surface area contributed by atoms with Crippen LogP contribution in [0.15, 0.2) is 0 Å². The molecule has 1 heterocycles. The van der Waals surface area contributed by atoms with Crippen LogP contribution in [0.3, 0.4) is 0 Å². The maximum atomic E-state index is 6.04. The zero-order chi connectivity index (χ0) is 11.3.